The molecule has 3 N–H and O–H groups in total. The molecule has 0 radical (unpaired) electrons. The monoisotopic (exact) mass is 279 g/mol. The van der Waals surface area contributed by atoms with Gasteiger partial charge in [0.2, 0.25) is 0 Å². The van der Waals surface area contributed by atoms with Crippen LogP contribution in [0.5, 0.6) is 0 Å². The van der Waals surface area contributed by atoms with E-state index in [9.17, 15) is 13.2 Å². The molecule has 3 nitrogen and oxygen atoms in total. The molecule has 1 unspecified atom stereocenters. The van der Waals surface area contributed by atoms with Gasteiger partial charge in [-0.2, -0.15) is 13.2 Å². The SMILES string of the molecule is NNC(CCC(F)(F)F)C1(N2CCCC2)CCCC1. The van der Waals surface area contributed by atoms with E-state index in [2.05, 4.69) is 10.3 Å². The van der Waals surface area contributed by atoms with E-state index >= 15 is 0 Å². The first kappa shape index (κ1) is 15.1. The van der Waals surface area contributed by atoms with Crippen molar-refractivity contribution in [2.24, 2.45) is 5.84 Å². The zero-order chi connectivity index (χ0) is 13.9. The van der Waals surface area contributed by atoms with Gasteiger partial charge in [0.25, 0.3) is 0 Å². The molecule has 1 saturated heterocycles. The molecule has 0 aromatic carbocycles. The minimum atomic E-state index is -4.10. The average Bonchev–Trinajstić information content (AvgIpc) is 2.99. The Labute approximate surface area is 112 Å². The van der Waals surface area contributed by atoms with Crippen LogP contribution >= 0.6 is 0 Å². The third-order valence-corrected chi connectivity index (χ3v) is 4.77. The maximum atomic E-state index is 12.5. The van der Waals surface area contributed by atoms with Gasteiger partial charge in [-0.1, -0.05) is 12.8 Å². The van der Waals surface area contributed by atoms with Crippen LogP contribution < -0.4 is 11.3 Å². The fourth-order valence-corrected chi connectivity index (χ4v) is 3.85. The second-order valence-corrected chi connectivity index (χ2v) is 5.88. The van der Waals surface area contributed by atoms with Crippen LogP contribution in [0.2, 0.25) is 0 Å². The van der Waals surface area contributed by atoms with Crippen LogP contribution in [0, 0.1) is 0 Å². The molecule has 6 heteroatoms. The van der Waals surface area contributed by atoms with Crippen LogP contribution in [0.15, 0.2) is 0 Å². The Balaban J connectivity index is 2.07. The van der Waals surface area contributed by atoms with Gasteiger partial charge in [0.05, 0.1) is 0 Å². The highest BCUT2D eigenvalue weighted by Gasteiger charge is 2.47. The maximum Gasteiger partial charge on any atom is 0.389 e. The number of likely N-dealkylation sites (tertiary alicyclic amines) is 1. The second kappa shape index (κ2) is 5.97. The molecule has 0 aromatic heterocycles. The van der Waals surface area contributed by atoms with E-state index in [0.29, 0.717) is 0 Å². The summed E-state index contributed by atoms with van der Waals surface area (Å²) in [5.41, 5.74) is 2.55. The van der Waals surface area contributed by atoms with Crippen molar-refractivity contribution >= 4 is 0 Å². The fraction of sp³-hybridized carbons (Fsp3) is 1.00. The van der Waals surface area contributed by atoms with Crippen molar-refractivity contribution in [1.82, 2.24) is 10.3 Å². The second-order valence-electron chi connectivity index (χ2n) is 5.88. The lowest BCUT2D eigenvalue weighted by molar-refractivity contribution is -0.138. The third-order valence-electron chi connectivity index (χ3n) is 4.77. The molecule has 1 heterocycles. The van der Waals surface area contributed by atoms with Gasteiger partial charge in [-0.3, -0.25) is 16.2 Å². The van der Waals surface area contributed by atoms with E-state index in [-0.39, 0.29) is 18.0 Å². The number of hydrogen-bond acceptors (Lipinski definition) is 3. The summed E-state index contributed by atoms with van der Waals surface area (Å²) in [4.78, 5) is 2.39. The topological polar surface area (TPSA) is 41.3 Å². The van der Waals surface area contributed by atoms with E-state index < -0.39 is 12.6 Å². The lowest BCUT2D eigenvalue weighted by Crippen LogP contribution is -2.60. The number of hydrazine groups is 1. The highest BCUT2D eigenvalue weighted by Crippen LogP contribution is 2.41. The Morgan fingerprint density at radius 3 is 2.16 bits per heavy atom. The van der Waals surface area contributed by atoms with Gasteiger partial charge < -0.3 is 0 Å². The first-order valence-corrected chi connectivity index (χ1v) is 7.26. The molecule has 2 rings (SSSR count). The summed E-state index contributed by atoms with van der Waals surface area (Å²) in [6, 6.07) is -0.255. The normalized spacial score (nSPS) is 25.9. The standard InChI is InChI=1S/C13H24F3N3/c14-13(15,16)8-5-11(18-17)12(6-1-2-7-12)19-9-3-4-10-19/h11,18H,1-10,17H2. The molecule has 1 aliphatic heterocycles. The maximum absolute atomic E-state index is 12.5. The molecule has 0 amide bonds. The quantitative estimate of drug-likeness (QED) is 0.600. The van der Waals surface area contributed by atoms with Gasteiger partial charge in [0, 0.05) is 18.0 Å². The van der Waals surface area contributed by atoms with E-state index in [1.165, 1.54) is 0 Å². The number of halogens is 3. The Hall–Kier alpha value is -0.330. The Bertz CT molecular complexity index is 281. The number of nitrogens with one attached hydrogen (secondary N) is 1. The Morgan fingerprint density at radius 2 is 1.68 bits per heavy atom. The van der Waals surface area contributed by atoms with Crippen molar-refractivity contribution in [3.63, 3.8) is 0 Å². The molecule has 0 aromatic rings. The number of nitrogens with two attached hydrogens (primary N) is 1. The summed E-state index contributed by atoms with van der Waals surface area (Å²) < 4.78 is 37.4. The van der Waals surface area contributed by atoms with Crippen LogP contribution in [-0.2, 0) is 0 Å². The highest BCUT2D eigenvalue weighted by atomic mass is 19.4. The summed E-state index contributed by atoms with van der Waals surface area (Å²) in [7, 11) is 0. The molecule has 1 saturated carbocycles. The lowest BCUT2D eigenvalue weighted by atomic mass is 9.84. The number of alkyl halides is 3. The van der Waals surface area contributed by atoms with Crippen molar-refractivity contribution in [3.05, 3.63) is 0 Å². The molecular weight excluding hydrogens is 255 g/mol. The summed E-state index contributed by atoms with van der Waals surface area (Å²) in [6.07, 6.45) is 1.67. The van der Waals surface area contributed by atoms with Crippen molar-refractivity contribution in [2.75, 3.05) is 13.1 Å². The molecule has 2 aliphatic rings. The highest BCUT2D eigenvalue weighted by molar-refractivity contribution is 5.04. The van der Waals surface area contributed by atoms with E-state index in [1.807, 2.05) is 0 Å². The molecule has 0 spiro atoms. The first-order valence-electron chi connectivity index (χ1n) is 7.26. The van der Waals surface area contributed by atoms with Gasteiger partial charge >= 0.3 is 6.18 Å². The summed E-state index contributed by atoms with van der Waals surface area (Å²) >= 11 is 0. The summed E-state index contributed by atoms with van der Waals surface area (Å²) in [6.45, 7) is 2.01. The fourth-order valence-electron chi connectivity index (χ4n) is 3.85. The lowest BCUT2D eigenvalue weighted by Gasteiger charge is -2.45. The van der Waals surface area contributed by atoms with E-state index in [0.717, 1.165) is 51.6 Å². The molecule has 1 aliphatic carbocycles. The zero-order valence-corrected chi connectivity index (χ0v) is 11.3. The minimum absolute atomic E-state index is 0.0799. The molecule has 2 fully saturated rings. The number of rotatable bonds is 5. The smallest absolute Gasteiger partial charge is 0.296 e. The summed E-state index contributed by atoms with van der Waals surface area (Å²) in [5, 5.41) is 0. The largest absolute Gasteiger partial charge is 0.389 e. The summed E-state index contributed by atoms with van der Waals surface area (Å²) in [5.74, 6) is 5.59. The Kier molecular flexibility index (Phi) is 4.74. The molecule has 1 atom stereocenters. The van der Waals surface area contributed by atoms with Crippen molar-refractivity contribution in [2.45, 2.75) is 69.1 Å². The van der Waals surface area contributed by atoms with Crippen LogP contribution in [0.3, 0.4) is 0 Å². The minimum Gasteiger partial charge on any atom is -0.296 e. The zero-order valence-electron chi connectivity index (χ0n) is 11.3. The van der Waals surface area contributed by atoms with Gasteiger partial charge in [0.15, 0.2) is 0 Å². The number of nitrogens with zero attached hydrogens (tertiary/aromatic N) is 1. The third kappa shape index (κ3) is 3.41. The average molecular weight is 279 g/mol. The van der Waals surface area contributed by atoms with Crippen LogP contribution in [0.4, 0.5) is 13.2 Å². The molecule has 0 bridgehead atoms. The van der Waals surface area contributed by atoms with Crippen LogP contribution in [0.25, 0.3) is 0 Å². The molecule has 112 valence electrons. The van der Waals surface area contributed by atoms with E-state index in [1.54, 1.807) is 0 Å². The number of hydrogen-bond donors (Lipinski definition) is 2. The van der Waals surface area contributed by atoms with Gasteiger partial charge in [-0.25, -0.2) is 0 Å². The predicted octanol–water partition coefficient (Wildman–Crippen LogP) is 2.57. The van der Waals surface area contributed by atoms with Crippen LogP contribution in [-0.4, -0.2) is 35.7 Å². The van der Waals surface area contributed by atoms with Crippen LogP contribution in [0.1, 0.15) is 51.4 Å². The Morgan fingerprint density at radius 1 is 1.11 bits per heavy atom. The van der Waals surface area contributed by atoms with Crippen molar-refractivity contribution < 1.29 is 13.2 Å². The van der Waals surface area contributed by atoms with E-state index in [4.69, 9.17) is 5.84 Å². The van der Waals surface area contributed by atoms with Crippen molar-refractivity contribution in [1.29, 1.82) is 0 Å². The molecule has 19 heavy (non-hydrogen) atoms. The van der Waals surface area contributed by atoms with Gasteiger partial charge in [-0.15, -0.1) is 0 Å². The predicted molar refractivity (Wildman–Crippen MR) is 68.4 cm³/mol. The van der Waals surface area contributed by atoms with Gasteiger partial charge in [0.1, 0.15) is 0 Å². The van der Waals surface area contributed by atoms with Gasteiger partial charge in [-0.05, 0) is 45.2 Å². The van der Waals surface area contributed by atoms with Crippen molar-refractivity contribution in [3.8, 4) is 0 Å². The first-order chi connectivity index (χ1) is 8.98. The molecular formula is C13H24F3N3.